The van der Waals surface area contributed by atoms with Crippen molar-refractivity contribution in [2.24, 2.45) is 5.73 Å². The van der Waals surface area contributed by atoms with E-state index < -0.39 is 6.04 Å². The minimum absolute atomic E-state index is 0.118. The first-order chi connectivity index (χ1) is 11.2. The van der Waals surface area contributed by atoms with Crippen molar-refractivity contribution in [2.45, 2.75) is 18.9 Å². The second-order valence-corrected chi connectivity index (χ2v) is 5.64. The second kappa shape index (κ2) is 8.96. The Morgan fingerprint density at radius 3 is 2.30 bits per heavy atom. The fraction of sp³-hybridized carbons (Fsp3) is 0.316. The number of hydrogen-bond acceptors (Lipinski definition) is 3. The molecule has 2 aromatic carbocycles. The van der Waals surface area contributed by atoms with Crippen molar-refractivity contribution in [3.8, 4) is 0 Å². The number of carbonyl (C=O) groups excluding carboxylic acids is 1. The molecule has 0 bridgehead atoms. The Morgan fingerprint density at radius 2 is 1.65 bits per heavy atom. The number of carbonyl (C=O) groups is 1. The molecule has 4 heteroatoms. The van der Waals surface area contributed by atoms with Gasteiger partial charge < -0.3 is 16.0 Å². The van der Waals surface area contributed by atoms with Crippen LogP contribution in [0, 0.1) is 0 Å². The Hall–Kier alpha value is -2.33. The lowest BCUT2D eigenvalue weighted by Gasteiger charge is -2.19. The molecular formula is C19H25N3O. The first-order valence-electron chi connectivity index (χ1n) is 8.03. The van der Waals surface area contributed by atoms with Gasteiger partial charge in [0.05, 0.1) is 0 Å². The van der Waals surface area contributed by atoms with Crippen LogP contribution in [0.15, 0.2) is 60.7 Å². The summed E-state index contributed by atoms with van der Waals surface area (Å²) in [6, 6.07) is 19.1. The van der Waals surface area contributed by atoms with Gasteiger partial charge in [0.1, 0.15) is 6.04 Å². The van der Waals surface area contributed by atoms with Crippen molar-refractivity contribution in [2.75, 3.05) is 25.0 Å². The third-order valence-corrected chi connectivity index (χ3v) is 3.86. The molecule has 0 aliphatic heterocycles. The van der Waals surface area contributed by atoms with Gasteiger partial charge >= 0.3 is 0 Å². The summed E-state index contributed by atoms with van der Waals surface area (Å²) >= 11 is 0. The maximum Gasteiger partial charge on any atom is 0.241 e. The molecule has 1 amide bonds. The molecule has 3 N–H and O–H groups in total. The van der Waals surface area contributed by atoms with Crippen LogP contribution in [0.3, 0.4) is 0 Å². The molecule has 0 aromatic heterocycles. The Labute approximate surface area is 138 Å². The van der Waals surface area contributed by atoms with Crippen LogP contribution in [-0.4, -0.2) is 26.0 Å². The summed E-state index contributed by atoms with van der Waals surface area (Å²) in [5, 5.41) is 2.91. The SMILES string of the molecule is CN(CCCCNC(=O)C(N)c1ccccc1)c1ccccc1. The zero-order valence-corrected chi connectivity index (χ0v) is 13.6. The monoisotopic (exact) mass is 311 g/mol. The molecule has 0 spiro atoms. The predicted molar refractivity (Wildman–Crippen MR) is 95.3 cm³/mol. The lowest BCUT2D eigenvalue weighted by Crippen LogP contribution is -2.34. The molecule has 0 aliphatic rings. The van der Waals surface area contributed by atoms with Gasteiger partial charge in [-0.3, -0.25) is 4.79 Å². The average molecular weight is 311 g/mol. The first kappa shape index (κ1) is 17.0. The standard InChI is InChI=1S/C19H25N3O/c1-22(17-12-6-3-7-13-17)15-9-8-14-21-19(23)18(20)16-10-4-2-5-11-16/h2-7,10-13,18H,8-9,14-15,20H2,1H3,(H,21,23). The van der Waals surface area contributed by atoms with Gasteiger partial charge in [-0.2, -0.15) is 0 Å². The Bertz CT molecular complexity index is 586. The summed E-state index contributed by atoms with van der Waals surface area (Å²) in [7, 11) is 2.08. The third kappa shape index (κ3) is 5.42. The molecule has 122 valence electrons. The van der Waals surface area contributed by atoms with Crippen LogP contribution in [0.4, 0.5) is 5.69 Å². The minimum Gasteiger partial charge on any atom is -0.375 e. The number of nitrogens with one attached hydrogen (secondary N) is 1. The van der Waals surface area contributed by atoms with Crippen molar-refractivity contribution >= 4 is 11.6 Å². The van der Waals surface area contributed by atoms with Gasteiger partial charge in [-0.25, -0.2) is 0 Å². The highest BCUT2D eigenvalue weighted by Crippen LogP contribution is 2.12. The number of rotatable bonds is 8. The maximum atomic E-state index is 12.0. The molecule has 1 atom stereocenters. The second-order valence-electron chi connectivity index (χ2n) is 5.64. The van der Waals surface area contributed by atoms with Crippen molar-refractivity contribution in [3.05, 3.63) is 66.2 Å². The molecule has 23 heavy (non-hydrogen) atoms. The Balaban J connectivity index is 1.64. The van der Waals surface area contributed by atoms with Gasteiger partial charge in [0.15, 0.2) is 0 Å². The molecule has 1 unspecified atom stereocenters. The topological polar surface area (TPSA) is 58.4 Å². The van der Waals surface area contributed by atoms with E-state index >= 15 is 0 Å². The molecule has 0 saturated carbocycles. The molecule has 0 fully saturated rings. The van der Waals surface area contributed by atoms with Gasteiger partial charge in [-0.15, -0.1) is 0 Å². The average Bonchev–Trinajstić information content (AvgIpc) is 2.62. The van der Waals surface area contributed by atoms with E-state index in [1.807, 2.05) is 48.5 Å². The fourth-order valence-corrected chi connectivity index (χ4v) is 2.42. The summed E-state index contributed by atoms with van der Waals surface area (Å²) < 4.78 is 0. The van der Waals surface area contributed by atoms with E-state index in [1.54, 1.807) is 0 Å². The Morgan fingerprint density at radius 1 is 1.04 bits per heavy atom. The summed E-state index contributed by atoms with van der Waals surface area (Å²) in [5.41, 5.74) is 8.01. The van der Waals surface area contributed by atoms with Crippen LogP contribution in [0.1, 0.15) is 24.4 Å². The van der Waals surface area contributed by atoms with Crippen molar-refractivity contribution in [1.82, 2.24) is 5.32 Å². The zero-order chi connectivity index (χ0) is 16.5. The number of benzene rings is 2. The number of unbranched alkanes of at least 4 members (excludes halogenated alkanes) is 1. The van der Waals surface area contributed by atoms with Gasteiger partial charge in [-0.05, 0) is 30.5 Å². The molecule has 4 nitrogen and oxygen atoms in total. The molecular weight excluding hydrogens is 286 g/mol. The number of nitrogens with zero attached hydrogens (tertiary/aromatic N) is 1. The Kier molecular flexibility index (Phi) is 6.63. The smallest absolute Gasteiger partial charge is 0.241 e. The normalized spacial score (nSPS) is 11.7. The van der Waals surface area contributed by atoms with Crippen molar-refractivity contribution in [1.29, 1.82) is 0 Å². The first-order valence-corrected chi connectivity index (χ1v) is 8.03. The molecule has 0 aliphatic carbocycles. The lowest BCUT2D eigenvalue weighted by molar-refractivity contribution is -0.122. The minimum atomic E-state index is -0.594. The van der Waals surface area contributed by atoms with E-state index in [0.29, 0.717) is 6.54 Å². The summed E-state index contributed by atoms with van der Waals surface area (Å²) in [5.74, 6) is -0.118. The van der Waals surface area contributed by atoms with E-state index in [2.05, 4.69) is 29.4 Å². The number of nitrogens with two attached hydrogens (primary N) is 1. The summed E-state index contributed by atoms with van der Waals surface area (Å²) in [6.45, 7) is 1.62. The molecule has 0 saturated heterocycles. The van der Waals surface area contributed by atoms with E-state index in [-0.39, 0.29) is 5.91 Å². The highest BCUT2D eigenvalue weighted by molar-refractivity contribution is 5.82. The van der Waals surface area contributed by atoms with E-state index in [0.717, 1.165) is 24.9 Å². The number of amides is 1. The number of hydrogen-bond donors (Lipinski definition) is 2. The molecule has 0 radical (unpaired) electrons. The van der Waals surface area contributed by atoms with Crippen LogP contribution in [0.5, 0.6) is 0 Å². The lowest BCUT2D eigenvalue weighted by atomic mass is 10.1. The van der Waals surface area contributed by atoms with Gasteiger partial charge in [0.2, 0.25) is 5.91 Å². The van der Waals surface area contributed by atoms with Crippen LogP contribution in [0.2, 0.25) is 0 Å². The molecule has 2 rings (SSSR count). The van der Waals surface area contributed by atoms with Gasteiger partial charge in [-0.1, -0.05) is 48.5 Å². The van der Waals surface area contributed by atoms with Crippen molar-refractivity contribution < 1.29 is 4.79 Å². The van der Waals surface area contributed by atoms with Crippen LogP contribution in [-0.2, 0) is 4.79 Å². The predicted octanol–water partition coefficient (Wildman–Crippen LogP) is 2.72. The van der Waals surface area contributed by atoms with Gasteiger partial charge in [0.25, 0.3) is 0 Å². The summed E-state index contributed by atoms with van der Waals surface area (Å²) in [6.07, 6.45) is 1.96. The maximum absolute atomic E-state index is 12.0. The third-order valence-electron chi connectivity index (χ3n) is 3.86. The highest BCUT2D eigenvalue weighted by Gasteiger charge is 2.14. The quantitative estimate of drug-likeness (QED) is 0.737. The van der Waals surface area contributed by atoms with E-state index in [4.69, 9.17) is 5.73 Å². The van der Waals surface area contributed by atoms with Crippen molar-refractivity contribution in [3.63, 3.8) is 0 Å². The van der Waals surface area contributed by atoms with Gasteiger partial charge in [0, 0.05) is 25.8 Å². The zero-order valence-electron chi connectivity index (χ0n) is 13.6. The largest absolute Gasteiger partial charge is 0.375 e. The fourth-order valence-electron chi connectivity index (χ4n) is 2.42. The van der Waals surface area contributed by atoms with Crippen LogP contribution < -0.4 is 16.0 Å². The van der Waals surface area contributed by atoms with Crippen LogP contribution >= 0.6 is 0 Å². The van der Waals surface area contributed by atoms with E-state index in [1.165, 1.54) is 5.69 Å². The highest BCUT2D eigenvalue weighted by atomic mass is 16.2. The number of para-hydroxylation sites is 1. The summed E-state index contributed by atoms with van der Waals surface area (Å²) in [4.78, 5) is 14.2. The molecule has 2 aromatic rings. The molecule has 0 heterocycles. The van der Waals surface area contributed by atoms with Crippen LogP contribution in [0.25, 0.3) is 0 Å². The number of anilines is 1. The van der Waals surface area contributed by atoms with E-state index in [9.17, 15) is 4.79 Å².